The van der Waals surface area contributed by atoms with Crippen LogP contribution < -0.4 is 11.0 Å². The fraction of sp³-hybridized carbons (Fsp3) is 0.318. The predicted octanol–water partition coefficient (Wildman–Crippen LogP) is 3.53. The van der Waals surface area contributed by atoms with Gasteiger partial charge in [0.2, 0.25) is 11.2 Å². The van der Waals surface area contributed by atoms with Crippen molar-refractivity contribution in [1.82, 2.24) is 24.5 Å². The minimum absolute atomic E-state index is 0.107. The molecule has 31 heavy (non-hydrogen) atoms. The predicted molar refractivity (Wildman–Crippen MR) is 116 cm³/mol. The number of aromatic hydroxyl groups is 1. The van der Waals surface area contributed by atoms with E-state index in [-0.39, 0.29) is 17.2 Å². The van der Waals surface area contributed by atoms with E-state index in [1.54, 1.807) is 24.0 Å². The number of nitrogens with zero attached hydrogens (tertiary/aromatic N) is 3. The summed E-state index contributed by atoms with van der Waals surface area (Å²) in [5, 5.41) is 18.7. The van der Waals surface area contributed by atoms with E-state index in [2.05, 4.69) is 15.2 Å². The quantitative estimate of drug-likeness (QED) is 0.404. The molecule has 5 aromatic rings. The van der Waals surface area contributed by atoms with E-state index in [4.69, 9.17) is 4.42 Å². The molecule has 158 valence electrons. The van der Waals surface area contributed by atoms with E-state index >= 15 is 0 Å². The van der Waals surface area contributed by atoms with Crippen molar-refractivity contribution in [3.05, 3.63) is 45.0 Å². The Morgan fingerprint density at radius 2 is 1.94 bits per heavy atom. The number of aromatic nitrogens is 5. The number of phenols is 1. The third-order valence-electron chi connectivity index (χ3n) is 6.46. The molecule has 9 nitrogen and oxygen atoms in total. The number of H-pyrrole nitrogens is 2. The molecule has 4 aromatic heterocycles. The number of benzene rings is 1. The first-order chi connectivity index (χ1) is 15.0. The Bertz CT molecular complexity index is 1590. The van der Waals surface area contributed by atoms with Crippen molar-refractivity contribution in [3.63, 3.8) is 0 Å². The largest absolute Gasteiger partial charge is 0.502 e. The molecule has 0 saturated heterocycles. The van der Waals surface area contributed by atoms with Crippen molar-refractivity contribution >= 4 is 33.1 Å². The molecular formula is C22H21N5O4. The fourth-order valence-electron chi connectivity index (χ4n) is 4.94. The summed E-state index contributed by atoms with van der Waals surface area (Å²) in [5.74, 6) is -0.438. The molecule has 0 atom stereocenters. The summed E-state index contributed by atoms with van der Waals surface area (Å²) in [5.41, 5.74) is 2.37. The first-order valence-corrected chi connectivity index (χ1v) is 10.5. The molecule has 0 amide bonds. The van der Waals surface area contributed by atoms with E-state index in [0.29, 0.717) is 38.8 Å². The summed E-state index contributed by atoms with van der Waals surface area (Å²) in [6, 6.07) is 4.97. The maximum atomic E-state index is 13.2. The van der Waals surface area contributed by atoms with Gasteiger partial charge >= 0.3 is 0 Å². The smallest absolute Gasteiger partial charge is 0.274 e. The molecule has 0 aliphatic heterocycles. The van der Waals surface area contributed by atoms with Crippen molar-refractivity contribution in [1.29, 1.82) is 0 Å². The SMILES string of the molecule is Cn1nccc1-c1c2oc3c(O)c(=O)ccc3c2[nH]c2c1c(=O)[nH]n2C1CCCCC1. The number of nitrogens with one attached hydrogen (secondary N) is 2. The molecule has 0 unspecified atom stereocenters. The van der Waals surface area contributed by atoms with Gasteiger partial charge in [-0.05, 0) is 31.0 Å². The Kier molecular flexibility index (Phi) is 3.71. The number of phenolic OH excluding ortho intramolecular Hbond substituents is 1. The van der Waals surface area contributed by atoms with Crippen LogP contribution >= 0.6 is 0 Å². The van der Waals surface area contributed by atoms with Gasteiger partial charge < -0.3 is 14.5 Å². The van der Waals surface area contributed by atoms with Crippen LogP contribution in [0.4, 0.5) is 0 Å². The highest BCUT2D eigenvalue weighted by molar-refractivity contribution is 6.14. The van der Waals surface area contributed by atoms with Gasteiger partial charge in [-0.1, -0.05) is 19.3 Å². The number of rotatable bonds is 2. The zero-order chi connectivity index (χ0) is 21.3. The van der Waals surface area contributed by atoms with Gasteiger partial charge in [-0.15, -0.1) is 0 Å². The van der Waals surface area contributed by atoms with Crippen molar-refractivity contribution < 1.29 is 9.52 Å². The van der Waals surface area contributed by atoms with Crippen LogP contribution in [-0.2, 0) is 7.05 Å². The van der Waals surface area contributed by atoms with Crippen molar-refractivity contribution in [2.24, 2.45) is 7.05 Å². The third kappa shape index (κ3) is 2.46. The molecule has 3 N–H and O–H groups in total. The summed E-state index contributed by atoms with van der Waals surface area (Å²) in [7, 11) is 1.80. The second-order valence-electron chi connectivity index (χ2n) is 8.26. The lowest BCUT2D eigenvalue weighted by Crippen LogP contribution is -2.16. The Morgan fingerprint density at radius 3 is 2.68 bits per heavy atom. The van der Waals surface area contributed by atoms with Crippen LogP contribution in [0.1, 0.15) is 38.1 Å². The maximum absolute atomic E-state index is 13.2. The van der Waals surface area contributed by atoms with Gasteiger partial charge in [-0.2, -0.15) is 5.10 Å². The molecule has 0 spiro atoms. The molecule has 1 aliphatic rings. The van der Waals surface area contributed by atoms with Crippen LogP contribution in [0.5, 0.6) is 5.75 Å². The van der Waals surface area contributed by atoms with Crippen LogP contribution in [0, 0.1) is 0 Å². The van der Waals surface area contributed by atoms with Gasteiger partial charge in [0, 0.05) is 18.6 Å². The summed E-state index contributed by atoms with van der Waals surface area (Å²) in [6.45, 7) is 0. The molecule has 1 fully saturated rings. The number of pyridine rings is 1. The summed E-state index contributed by atoms with van der Waals surface area (Å²) in [4.78, 5) is 28.5. The van der Waals surface area contributed by atoms with E-state index in [1.807, 2.05) is 10.7 Å². The Labute approximate surface area is 174 Å². The van der Waals surface area contributed by atoms with Gasteiger partial charge in [-0.25, -0.2) is 0 Å². The highest BCUT2D eigenvalue weighted by Crippen LogP contribution is 2.40. The minimum atomic E-state index is -0.511. The summed E-state index contributed by atoms with van der Waals surface area (Å²) < 4.78 is 9.63. The lowest BCUT2D eigenvalue weighted by atomic mass is 9.95. The molecule has 6 rings (SSSR count). The van der Waals surface area contributed by atoms with Crippen LogP contribution in [0.25, 0.3) is 44.4 Å². The highest BCUT2D eigenvalue weighted by Gasteiger charge is 2.27. The zero-order valence-corrected chi connectivity index (χ0v) is 16.9. The number of fused-ring (bicyclic) bond motifs is 4. The lowest BCUT2D eigenvalue weighted by Gasteiger charge is -2.23. The normalized spacial score (nSPS) is 15.5. The van der Waals surface area contributed by atoms with Crippen molar-refractivity contribution in [2.45, 2.75) is 38.1 Å². The van der Waals surface area contributed by atoms with Gasteiger partial charge in [0.05, 0.1) is 28.2 Å². The van der Waals surface area contributed by atoms with Gasteiger partial charge in [0.1, 0.15) is 5.65 Å². The van der Waals surface area contributed by atoms with E-state index in [0.717, 1.165) is 25.7 Å². The molecule has 1 saturated carbocycles. The zero-order valence-electron chi connectivity index (χ0n) is 16.9. The van der Waals surface area contributed by atoms with Gasteiger partial charge in [0.15, 0.2) is 11.2 Å². The summed E-state index contributed by atoms with van der Waals surface area (Å²) in [6.07, 6.45) is 7.11. The second-order valence-corrected chi connectivity index (χ2v) is 8.26. The van der Waals surface area contributed by atoms with E-state index < -0.39 is 11.2 Å². The molecule has 9 heteroatoms. The number of aromatic amines is 2. The number of aryl methyl sites for hydroxylation is 1. The standard InChI is InChI=1S/C22H21N5O4/c1-26-13(9-10-23-26)15-16-21(27(25-22(16)30)11-5-3-2-4-6-11)24-17-12-7-8-14(28)18(29)19(12)31-20(15)17/h7-11,24,29H,2-6H2,1H3,(H,25,30). The maximum Gasteiger partial charge on any atom is 0.274 e. The monoisotopic (exact) mass is 419 g/mol. The first kappa shape index (κ1) is 18.1. The van der Waals surface area contributed by atoms with Crippen LogP contribution in [0.3, 0.4) is 0 Å². The molecule has 1 aliphatic carbocycles. The number of hydrogen-bond donors (Lipinski definition) is 3. The minimum Gasteiger partial charge on any atom is -0.502 e. The van der Waals surface area contributed by atoms with Crippen LogP contribution in [0.15, 0.2) is 38.4 Å². The van der Waals surface area contributed by atoms with Gasteiger partial charge in [-0.3, -0.25) is 24.1 Å². The molecule has 0 bridgehead atoms. The number of hydrogen-bond acceptors (Lipinski definition) is 5. The molecule has 1 aromatic carbocycles. The average Bonchev–Trinajstić information content (AvgIpc) is 3.46. The van der Waals surface area contributed by atoms with Crippen LogP contribution in [0.2, 0.25) is 0 Å². The average molecular weight is 419 g/mol. The molecule has 4 heterocycles. The molecular weight excluding hydrogens is 398 g/mol. The third-order valence-corrected chi connectivity index (χ3v) is 6.46. The van der Waals surface area contributed by atoms with E-state index in [9.17, 15) is 14.7 Å². The highest BCUT2D eigenvalue weighted by atomic mass is 16.4. The van der Waals surface area contributed by atoms with Gasteiger partial charge in [0.25, 0.3) is 5.56 Å². The lowest BCUT2D eigenvalue weighted by molar-refractivity contribution is 0.335. The summed E-state index contributed by atoms with van der Waals surface area (Å²) >= 11 is 0. The van der Waals surface area contributed by atoms with Crippen LogP contribution in [-0.4, -0.2) is 29.7 Å². The first-order valence-electron chi connectivity index (χ1n) is 10.5. The Balaban J connectivity index is 1.81. The molecule has 0 radical (unpaired) electrons. The fourth-order valence-corrected chi connectivity index (χ4v) is 4.94. The van der Waals surface area contributed by atoms with Crippen molar-refractivity contribution in [2.75, 3.05) is 0 Å². The Hall–Kier alpha value is -3.75. The second kappa shape index (κ2) is 6.37. The van der Waals surface area contributed by atoms with Crippen molar-refractivity contribution in [3.8, 4) is 17.0 Å². The van der Waals surface area contributed by atoms with E-state index in [1.165, 1.54) is 12.5 Å². The Morgan fingerprint density at radius 1 is 1.13 bits per heavy atom. The number of furan rings is 1. The topological polar surface area (TPSA) is 122 Å².